The highest BCUT2D eigenvalue weighted by atomic mass is 16.5. The molecular weight excluding hydrogens is 444 g/mol. The minimum atomic E-state index is -0.896. The molecule has 0 saturated carbocycles. The van der Waals surface area contributed by atoms with Gasteiger partial charge in [0.05, 0.1) is 0 Å². The van der Waals surface area contributed by atoms with Gasteiger partial charge in [0.1, 0.15) is 6.61 Å². The third-order valence-electron chi connectivity index (χ3n) is 6.25. The molecule has 2 amide bonds. The Morgan fingerprint density at radius 2 is 1.60 bits per heavy atom. The van der Waals surface area contributed by atoms with Gasteiger partial charge < -0.3 is 15.2 Å². The fourth-order valence-corrected chi connectivity index (χ4v) is 4.44. The number of carboxylic acids is 1. The van der Waals surface area contributed by atoms with Crippen LogP contribution in [0.1, 0.15) is 53.6 Å². The van der Waals surface area contributed by atoms with Crippen LogP contribution in [0.5, 0.6) is 0 Å². The molecule has 0 bridgehead atoms. The van der Waals surface area contributed by atoms with E-state index in [1.807, 2.05) is 31.2 Å². The van der Waals surface area contributed by atoms with Gasteiger partial charge in [-0.3, -0.25) is 14.9 Å². The number of benzene rings is 3. The first-order valence-electron chi connectivity index (χ1n) is 11.7. The Bertz CT molecular complexity index is 1190. The summed E-state index contributed by atoms with van der Waals surface area (Å²) in [4.78, 5) is 36.0. The molecule has 1 atom stereocenters. The van der Waals surface area contributed by atoms with E-state index >= 15 is 0 Å². The molecule has 0 aliphatic heterocycles. The normalized spacial score (nSPS) is 12.8. The van der Waals surface area contributed by atoms with E-state index in [1.165, 1.54) is 0 Å². The maximum atomic E-state index is 12.6. The SMILES string of the molecule is CCC(CCC(=O)O)NC(=O)c1cccc(NC(=O)OCC2c3ccccc3-c3ccccc32)c1. The Morgan fingerprint density at radius 1 is 0.943 bits per heavy atom. The lowest BCUT2D eigenvalue weighted by Gasteiger charge is -2.17. The molecule has 3 aromatic rings. The highest BCUT2D eigenvalue weighted by molar-refractivity contribution is 5.96. The van der Waals surface area contributed by atoms with Crippen molar-refractivity contribution in [2.75, 3.05) is 11.9 Å². The van der Waals surface area contributed by atoms with Crippen molar-refractivity contribution in [3.63, 3.8) is 0 Å². The van der Waals surface area contributed by atoms with Gasteiger partial charge in [-0.1, -0.05) is 61.5 Å². The van der Waals surface area contributed by atoms with Crippen molar-refractivity contribution < 1.29 is 24.2 Å². The maximum Gasteiger partial charge on any atom is 0.411 e. The van der Waals surface area contributed by atoms with Crippen LogP contribution in [-0.2, 0) is 9.53 Å². The molecule has 4 rings (SSSR count). The van der Waals surface area contributed by atoms with Gasteiger partial charge in [-0.2, -0.15) is 0 Å². The van der Waals surface area contributed by atoms with Crippen molar-refractivity contribution in [3.8, 4) is 11.1 Å². The van der Waals surface area contributed by atoms with E-state index in [2.05, 4.69) is 34.9 Å². The van der Waals surface area contributed by atoms with E-state index in [0.29, 0.717) is 24.1 Å². The predicted molar refractivity (Wildman–Crippen MR) is 134 cm³/mol. The summed E-state index contributed by atoms with van der Waals surface area (Å²) in [6, 6.07) is 22.6. The number of carbonyl (C=O) groups excluding carboxylic acids is 2. The molecule has 0 saturated heterocycles. The molecule has 0 heterocycles. The number of amides is 2. The second kappa shape index (κ2) is 10.9. The summed E-state index contributed by atoms with van der Waals surface area (Å²) < 4.78 is 5.57. The van der Waals surface area contributed by atoms with Gasteiger partial charge in [0.15, 0.2) is 0 Å². The number of aliphatic carboxylic acids is 1. The van der Waals surface area contributed by atoms with Crippen LogP contribution in [0.4, 0.5) is 10.5 Å². The zero-order valence-corrected chi connectivity index (χ0v) is 19.5. The van der Waals surface area contributed by atoms with E-state index in [-0.39, 0.29) is 30.9 Å². The summed E-state index contributed by atoms with van der Waals surface area (Å²) in [6.07, 6.45) is 0.367. The first kappa shape index (κ1) is 24.0. The van der Waals surface area contributed by atoms with Gasteiger partial charge in [0, 0.05) is 29.6 Å². The van der Waals surface area contributed by atoms with Crippen LogP contribution in [0.3, 0.4) is 0 Å². The maximum absolute atomic E-state index is 12.6. The zero-order chi connectivity index (χ0) is 24.8. The molecule has 3 N–H and O–H groups in total. The first-order chi connectivity index (χ1) is 17.0. The summed E-state index contributed by atoms with van der Waals surface area (Å²) in [5, 5.41) is 14.4. The molecule has 0 spiro atoms. The smallest absolute Gasteiger partial charge is 0.411 e. The fraction of sp³-hybridized carbons (Fsp3) is 0.250. The Balaban J connectivity index is 1.37. The van der Waals surface area contributed by atoms with Crippen molar-refractivity contribution in [1.29, 1.82) is 0 Å². The summed E-state index contributed by atoms with van der Waals surface area (Å²) in [5.41, 5.74) is 5.39. The van der Waals surface area contributed by atoms with Gasteiger partial charge in [0.25, 0.3) is 5.91 Å². The fourth-order valence-electron chi connectivity index (χ4n) is 4.44. The average molecular weight is 473 g/mol. The van der Waals surface area contributed by atoms with Gasteiger partial charge in [0.2, 0.25) is 0 Å². The number of ether oxygens (including phenoxy) is 1. The molecule has 35 heavy (non-hydrogen) atoms. The number of carboxylic acid groups (broad SMARTS) is 1. The topological polar surface area (TPSA) is 105 Å². The zero-order valence-electron chi connectivity index (χ0n) is 19.5. The second-order valence-corrected chi connectivity index (χ2v) is 8.54. The number of carbonyl (C=O) groups is 3. The molecule has 0 fully saturated rings. The number of rotatable bonds is 9. The summed E-state index contributed by atoms with van der Waals surface area (Å²) in [5.74, 6) is -1.26. The van der Waals surface area contributed by atoms with E-state index < -0.39 is 12.1 Å². The standard InChI is InChI=1S/C28H28N2O5/c1-2-19(14-15-26(31)32)29-27(33)18-8-7-9-20(16-18)30-28(34)35-17-25-23-12-5-3-10-21(23)22-11-4-6-13-24(22)25/h3-13,16,19,25H,2,14-15,17H2,1H3,(H,29,33)(H,30,34)(H,31,32). The summed E-state index contributed by atoms with van der Waals surface area (Å²) in [6.45, 7) is 2.09. The van der Waals surface area contributed by atoms with Gasteiger partial charge in [-0.15, -0.1) is 0 Å². The molecule has 7 heteroatoms. The minimum Gasteiger partial charge on any atom is -0.481 e. The minimum absolute atomic E-state index is 0.0117. The molecule has 1 aliphatic rings. The monoisotopic (exact) mass is 472 g/mol. The first-order valence-corrected chi connectivity index (χ1v) is 11.7. The Morgan fingerprint density at radius 3 is 2.23 bits per heavy atom. The van der Waals surface area contributed by atoms with Crippen LogP contribution in [-0.4, -0.2) is 35.7 Å². The number of nitrogens with one attached hydrogen (secondary N) is 2. The Kier molecular flexibility index (Phi) is 7.45. The Labute approximate surface area is 204 Å². The second-order valence-electron chi connectivity index (χ2n) is 8.54. The van der Waals surface area contributed by atoms with Crippen molar-refractivity contribution in [2.24, 2.45) is 0 Å². The molecule has 180 valence electrons. The summed E-state index contributed by atoms with van der Waals surface area (Å²) in [7, 11) is 0. The number of hydrogen-bond acceptors (Lipinski definition) is 4. The lowest BCUT2D eigenvalue weighted by atomic mass is 9.98. The largest absolute Gasteiger partial charge is 0.481 e. The third kappa shape index (κ3) is 5.69. The molecule has 1 unspecified atom stereocenters. The predicted octanol–water partition coefficient (Wildman–Crippen LogP) is 5.42. The van der Waals surface area contributed by atoms with Crippen molar-refractivity contribution >= 4 is 23.7 Å². The van der Waals surface area contributed by atoms with E-state index in [0.717, 1.165) is 22.3 Å². The number of anilines is 1. The van der Waals surface area contributed by atoms with Crippen LogP contribution in [0, 0.1) is 0 Å². The molecular formula is C28H28N2O5. The Hall–Kier alpha value is -4.13. The van der Waals surface area contributed by atoms with Crippen LogP contribution < -0.4 is 10.6 Å². The summed E-state index contributed by atoms with van der Waals surface area (Å²) >= 11 is 0. The molecule has 3 aromatic carbocycles. The lowest BCUT2D eigenvalue weighted by Crippen LogP contribution is -2.34. The number of fused-ring (bicyclic) bond motifs is 3. The molecule has 0 radical (unpaired) electrons. The quantitative estimate of drug-likeness (QED) is 0.386. The third-order valence-corrected chi connectivity index (χ3v) is 6.25. The van der Waals surface area contributed by atoms with Crippen LogP contribution in [0.25, 0.3) is 11.1 Å². The van der Waals surface area contributed by atoms with Gasteiger partial charge in [-0.05, 0) is 53.3 Å². The van der Waals surface area contributed by atoms with Crippen molar-refractivity contribution in [1.82, 2.24) is 5.32 Å². The molecule has 7 nitrogen and oxygen atoms in total. The molecule has 0 aromatic heterocycles. The molecule has 1 aliphatic carbocycles. The van der Waals surface area contributed by atoms with Crippen molar-refractivity contribution in [2.45, 2.75) is 38.1 Å². The van der Waals surface area contributed by atoms with Crippen LogP contribution in [0.2, 0.25) is 0 Å². The van der Waals surface area contributed by atoms with E-state index in [1.54, 1.807) is 24.3 Å². The number of hydrogen-bond donors (Lipinski definition) is 3. The average Bonchev–Trinajstić information content (AvgIpc) is 3.19. The van der Waals surface area contributed by atoms with Crippen molar-refractivity contribution in [3.05, 3.63) is 89.5 Å². The van der Waals surface area contributed by atoms with Gasteiger partial charge in [-0.25, -0.2) is 4.79 Å². The van der Waals surface area contributed by atoms with Crippen LogP contribution in [0.15, 0.2) is 72.8 Å². The van der Waals surface area contributed by atoms with Crippen LogP contribution >= 0.6 is 0 Å². The van der Waals surface area contributed by atoms with E-state index in [4.69, 9.17) is 9.84 Å². The van der Waals surface area contributed by atoms with E-state index in [9.17, 15) is 14.4 Å². The van der Waals surface area contributed by atoms with Gasteiger partial charge >= 0.3 is 12.1 Å². The highest BCUT2D eigenvalue weighted by Gasteiger charge is 2.29. The highest BCUT2D eigenvalue weighted by Crippen LogP contribution is 2.44. The lowest BCUT2D eigenvalue weighted by molar-refractivity contribution is -0.137.